The highest BCUT2D eigenvalue weighted by Gasteiger charge is 2.54. The highest BCUT2D eigenvalue weighted by atomic mass is 32.2. The Morgan fingerprint density at radius 2 is 1.86 bits per heavy atom. The van der Waals surface area contributed by atoms with Gasteiger partial charge in [0.2, 0.25) is 0 Å². The topological polar surface area (TPSA) is 80.7 Å². The van der Waals surface area contributed by atoms with Crippen molar-refractivity contribution in [3.8, 4) is 0 Å². The van der Waals surface area contributed by atoms with Crippen molar-refractivity contribution >= 4 is 16.1 Å². The van der Waals surface area contributed by atoms with Crippen LogP contribution in [0, 0.1) is 17.3 Å². The molecule has 0 saturated heterocycles. The maximum Gasteiger partial charge on any atom is 0.465 e. The van der Waals surface area contributed by atoms with E-state index in [1.165, 1.54) is 6.42 Å². The van der Waals surface area contributed by atoms with Gasteiger partial charge in [-0.05, 0) is 31.1 Å². The summed E-state index contributed by atoms with van der Waals surface area (Å²) in [6.45, 7) is 1.63. The standard InChI is InChI=1S/C13H20F2O5S/c1-12(6-9-3-2-4-10(5-9)7-12)8-20-11(16)13(14,15)21(17,18)19/h9-10H,2-8H2,1H3,(H,17,18,19). The Hall–Kier alpha value is -0.760. The van der Waals surface area contributed by atoms with Crippen molar-refractivity contribution < 1.29 is 31.3 Å². The second-order valence-electron chi connectivity index (χ2n) is 6.69. The molecule has 21 heavy (non-hydrogen) atoms. The molecule has 2 atom stereocenters. The third-order valence-corrected chi connectivity index (χ3v) is 5.38. The van der Waals surface area contributed by atoms with Gasteiger partial charge in [-0.2, -0.15) is 17.2 Å². The van der Waals surface area contributed by atoms with Crippen LogP contribution in [0.1, 0.15) is 45.4 Å². The maximum absolute atomic E-state index is 13.1. The summed E-state index contributed by atoms with van der Waals surface area (Å²) >= 11 is 0. The molecule has 2 aliphatic rings. The van der Waals surface area contributed by atoms with E-state index in [-0.39, 0.29) is 6.61 Å². The first-order valence-corrected chi connectivity index (χ1v) is 8.50. The van der Waals surface area contributed by atoms with Crippen molar-refractivity contribution in [3.05, 3.63) is 0 Å². The van der Waals surface area contributed by atoms with Crippen LogP contribution in [0.25, 0.3) is 0 Å². The SMILES string of the molecule is CC1(COC(=O)C(F)(F)S(=O)(=O)O)CC2CCCC(C2)C1. The zero-order chi connectivity index (χ0) is 15.9. The van der Waals surface area contributed by atoms with E-state index in [0.29, 0.717) is 11.8 Å². The van der Waals surface area contributed by atoms with Gasteiger partial charge in [-0.25, -0.2) is 4.79 Å². The fourth-order valence-electron chi connectivity index (χ4n) is 3.80. The van der Waals surface area contributed by atoms with Crippen LogP contribution in [0.15, 0.2) is 0 Å². The number of ether oxygens (including phenoxy) is 1. The Kier molecular flexibility index (Phi) is 4.32. The lowest BCUT2D eigenvalue weighted by molar-refractivity contribution is -0.166. The molecule has 2 saturated carbocycles. The first-order valence-electron chi connectivity index (χ1n) is 7.06. The molecule has 1 N–H and O–H groups in total. The molecule has 5 nitrogen and oxygen atoms in total. The number of carbonyl (C=O) groups excluding carboxylic acids is 1. The first-order chi connectivity index (χ1) is 9.53. The summed E-state index contributed by atoms with van der Waals surface area (Å²) in [5.74, 6) is -1.17. The first kappa shape index (κ1) is 16.6. The fraction of sp³-hybridized carbons (Fsp3) is 0.923. The van der Waals surface area contributed by atoms with Crippen LogP contribution in [0.2, 0.25) is 0 Å². The molecule has 0 spiro atoms. The maximum atomic E-state index is 13.1. The van der Waals surface area contributed by atoms with Gasteiger partial charge in [0.15, 0.2) is 0 Å². The van der Waals surface area contributed by atoms with E-state index in [1.54, 1.807) is 0 Å². The second-order valence-corrected chi connectivity index (χ2v) is 8.15. The van der Waals surface area contributed by atoms with Gasteiger partial charge in [-0.1, -0.05) is 26.2 Å². The van der Waals surface area contributed by atoms with Gasteiger partial charge in [0.25, 0.3) is 0 Å². The van der Waals surface area contributed by atoms with Gasteiger partial charge in [0, 0.05) is 5.41 Å². The van der Waals surface area contributed by atoms with Gasteiger partial charge >= 0.3 is 21.3 Å². The Balaban J connectivity index is 1.98. The second kappa shape index (κ2) is 5.46. The molecule has 0 aliphatic heterocycles. The van der Waals surface area contributed by atoms with E-state index in [2.05, 4.69) is 4.74 Å². The quantitative estimate of drug-likeness (QED) is 0.634. The molecule has 0 radical (unpaired) electrons. The summed E-state index contributed by atoms with van der Waals surface area (Å²) in [5.41, 5.74) is -0.404. The third kappa shape index (κ3) is 3.53. The number of alkyl halides is 2. The predicted octanol–water partition coefficient (Wildman–Crippen LogP) is 2.62. The Morgan fingerprint density at radius 3 is 2.33 bits per heavy atom. The molecule has 0 aromatic rings. The molecule has 0 aromatic carbocycles. The van der Waals surface area contributed by atoms with Crippen molar-refractivity contribution in [2.45, 2.75) is 50.7 Å². The minimum atomic E-state index is -5.80. The van der Waals surface area contributed by atoms with E-state index >= 15 is 0 Å². The number of esters is 1. The molecule has 2 bridgehead atoms. The van der Waals surface area contributed by atoms with Gasteiger partial charge in [-0.15, -0.1) is 0 Å². The molecule has 2 aliphatic carbocycles. The fourth-order valence-corrected chi connectivity index (χ4v) is 4.07. The lowest BCUT2D eigenvalue weighted by Gasteiger charge is -2.45. The minimum absolute atomic E-state index is 0.246. The van der Waals surface area contributed by atoms with E-state index in [4.69, 9.17) is 4.55 Å². The Labute approximate surface area is 122 Å². The van der Waals surface area contributed by atoms with Crippen molar-refractivity contribution in [1.29, 1.82) is 0 Å². The molecule has 2 rings (SSSR count). The summed E-state index contributed by atoms with van der Waals surface area (Å²) in [7, 11) is -5.80. The van der Waals surface area contributed by atoms with Crippen molar-refractivity contribution in [2.75, 3.05) is 6.61 Å². The Bertz CT molecular complexity index is 505. The number of fused-ring (bicyclic) bond motifs is 2. The lowest BCUT2D eigenvalue weighted by Crippen LogP contribution is -2.42. The van der Waals surface area contributed by atoms with Crippen LogP contribution in [-0.4, -0.2) is 30.8 Å². The molecule has 0 aromatic heterocycles. The van der Waals surface area contributed by atoms with Gasteiger partial charge in [0.1, 0.15) is 0 Å². The molecule has 122 valence electrons. The van der Waals surface area contributed by atoms with Gasteiger partial charge < -0.3 is 4.74 Å². The summed E-state index contributed by atoms with van der Waals surface area (Å²) < 4.78 is 60.1. The molecule has 0 heterocycles. The zero-order valence-electron chi connectivity index (χ0n) is 11.8. The van der Waals surface area contributed by atoms with Crippen LogP contribution in [-0.2, 0) is 19.6 Å². The molecule has 8 heteroatoms. The summed E-state index contributed by atoms with van der Waals surface area (Å²) in [6.07, 6.45) is 6.07. The van der Waals surface area contributed by atoms with Crippen LogP contribution in [0.3, 0.4) is 0 Å². The molecule has 0 amide bonds. The number of carbonyl (C=O) groups is 1. The van der Waals surface area contributed by atoms with Crippen molar-refractivity contribution in [3.63, 3.8) is 0 Å². The van der Waals surface area contributed by atoms with Crippen molar-refractivity contribution in [1.82, 2.24) is 0 Å². The number of hydrogen-bond acceptors (Lipinski definition) is 4. The normalized spacial score (nSPS) is 33.5. The highest BCUT2D eigenvalue weighted by Crippen LogP contribution is 2.48. The third-order valence-electron chi connectivity index (χ3n) is 4.57. The van der Waals surface area contributed by atoms with E-state index in [1.807, 2.05) is 6.92 Å². The number of rotatable bonds is 4. The van der Waals surface area contributed by atoms with Crippen LogP contribution < -0.4 is 0 Å². The molecule has 2 unspecified atom stereocenters. The summed E-state index contributed by atoms with van der Waals surface area (Å²) in [6, 6.07) is 0. The van der Waals surface area contributed by atoms with Crippen molar-refractivity contribution in [2.24, 2.45) is 17.3 Å². The van der Waals surface area contributed by atoms with E-state index in [9.17, 15) is 22.0 Å². The molecular weight excluding hydrogens is 306 g/mol. The van der Waals surface area contributed by atoms with Gasteiger partial charge in [-0.3, -0.25) is 4.55 Å². The Morgan fingerprint density at radius 1 is 1.33 bits per heavy atom. The smallest absolute Gasteiger partial charge is 0.460 e. The zero-order valence-corrected chi connectivity index (χ0v) is 12.7. The largest absolute Gasteiger partial charge is 0.465 e. The highest BCUT2D eigenvalue weighted by molar-refractivity contribution is 7.87. The predicted molar refractivity (Wildman–Crippen MR) is 70.2 cm³/mol. The summed E-state index contributed by atoms with van der Waals surface area (Å²) in [4.78, 5) is 11.2. The van der Waals surface area contributed by atoms with Crippen LogP contribution in [0.5, 0.6) is 0 Å². The van der Waals surface area contributed by atoms with Gasteiger partial charge in [0.05, 0.1) is 6.61 Å². The monoisotopic (exact) mass is 326 g/mol. The summed E-state index contributed by atoms with van der Waals surface area (Å²) in [5, 5.41) is -4.91. The minimum Gasteiger partial charge on any atom is -0.460 e. The number of hydrogen-bond donors (Lipinski definition) is 1. The molecular formula is C13H20F2O5S. The average molecular weight is 326 g/mol. The number of halogens is 2. The van der Waals surface area contributed by atoms with E-state index < -0.39 is 26.8 Å². The van der Waals surface area contributed by atoms with Crippen LogP contribution >= 0.6 is 0 Å². The molecule has 2 fully saturated rings. The van der Waals surface area contributed by atoms with Crippen LogP contribution in [0.4, 0.5) is 8.78 Å². The van der Waals surface area contributed by atoms with E-state index in [0.717, 1.165) is 32.1 Å². The average Bonchev–Trinajstić information content (AvgIpc) is 2.34. The lowest BCUT2D eigenvalue weighted by atomic mass is 9.62.